The molecule has 1 aromatic heterocycles. The van der Waals surface area contributed by atoms with Crippen molar-refractivity contribution in [3.8, 4) is 11.8 Å². The number of nitrogen functional groups attached to an aromatic ring is 1. The third-order valence-electron chi connectivity index (χ3n) is 5.60. The number of nitrogens with zero attached hydrogens (tertiary/aromatic N) is 5. The molecule has 0 unspecified atom stereocenters. The Hall–Kier alpha value is -2.81. The lowest BCUT2D eigenvalue weighted by atomic mass is 9.97. The summed E-state index contributed by atoms with van der Waals surface area (Å²) in [6.45, 7) is 4.94. The summed E-state index contributed by atoms with van der Waals surface area (Å²) < 4.78 is 6.49. The van der Waals surface area contributed by atoms with E-state index < -0.39 is 0 Å². The van der Waals surface area contributed by atoms with Crippen LogP contribution in [0.3, 0.4) is 0 Å². The molecule has 2 aromatic rings. The van der Waals surface area contributed by atoms with E-state index in [1.165, 1.54) is 7.11 Å². The number of aromatic nitrogens is 2. The van der Waals surface area contributed by atoms with Gasteiger partial charge in [0.15, 0.2) is 5.96 Å². The van der Waals surface area contributed by atoms with Gasteiger partial charge in [-0.1, -0.05) is 18.2 Å². The maximum atomic E-state index is 11.8. The number of guanidine groups is 1. The number of halogens is 1. The fourth-order valence-electron chi connectivity index (χ4n) is 3.89. The highest BCUT2D eigenvalue weighted by atomic mass is 127. The second-order valence-electron chi connectivity index (χ2n) is 7.69. The van der Waals surface area contributed by atoms with Gasteiger partial charge in [-0.2, -0.15) is 10.4 Å². The minimum absolute atomic E-state index is 0. The summed E-state index contributed by atoms with van der Waals surface area (Å²) >= 11 is 0. The number of benzene rings is 1. The Labute approximate surface area is 212 Å². The molecule has 1 aliphatic rings. The molecule has 10 heteroatoms. The van der Waals surface area contributed by atoms with Gasteiger partial charge >= 0.3 is 5.97 Å². The number of likely N-dealkylation sites (tertiary alicyclic amines) is 1. The molecule has 1 aliphatic heterocycles. The van der Waals surface area contributed by atoms with Gasteiger partial charge in [-0.25, -0.2) is 4.68 Å². The lowest BCUT2D eigenvalue weighted by molar-refractivity contribution is -0.146. The van der Waals surface area contributed by atoms with Crippen LogP contribution in [0.4, 0.5) is 5.82 Å². The molecule has 2 heterocycles. The van der Waals surface area contributed by atoms with Crippen molar-refractivity contribution in [2.24, 2.45) is 10.9 Å². The third-order valence-corrected chi connectivity index (χ3v) is 5.60. The second-order valence-corrected chi connectivity index (χ2v) is 7.69. The van der Waals surface area contributed by atoms with Crippen LogP contribution in [0.2, 0.25) is 0 Å². The van der Waals surface area contributed by atoms with Crippen molar-refractivity contribution < 1.29 is 9.53 Å². The Morgan fingerprint density at radius 1 is 1.33 bits per heavy atom. The molecule has 178 valence electrons. The predicted octanol–water partition coefficient (Wildman–Crippen LogP) is 2.73. The second kappa shape index (κ2) is 13.0. The fourth-order valence-corrected chi connectivity index (χ4v) is 3.89. The van der Waals surface area contributed by atoms with Gasteiger partial charge in [0.2, 0.25) is 0 Å². The number of ether oxygens (including phenoxy) is 1. The van der Waals surface area contributed by atoms with E-state index in [4.69, 9.17) is 15.5 Å². The van der Waals surface area contributed by atoms with Crippen molar-refractivity contribution in [3.05, 3.63) is 41.6 Å². The van der Waals surface area contributed by atoms with E-state index in [2.05, 4.69) is 21.4 Å². The lowest BCUT2D eigenvalue weighted by Crippen LogP contribution is -2.46. The van der Waals surface area contributed by atoms with E-state index in [1.807, 2.05) is 37.3 Å². The van der Waals surface area contributed by atoms with E-state index >= 15 is 0 Å². The molecule has 0 bridgehead atoms. The quantitative estimate of drug-likeness (QED) is 0.174. The van der Waals surface area contributed by atoms with Gasteiger partial charge in [0.1, 0.15) is 17.5 Å². The van der Waals surface area contributed by atoms with E-state index in [9.17, 15) is 10.1 Å². The van der Waals surface area contributed by atoms with Crippen LogP contribution < -0.4 is 11.1 Å². The molecular weight excluding hydrogens is 533 g/mol. The number of aryl methyl sites for hydroxylation is 1. The zero-order valence-corrected chi connectivity index (χ0v) is 21.5. The van der Waals surface area contributed by atoms with Gasteiger partial charge in [0.05, 0.1) is 24.4 Å². The van der Waals surface area contributed by atoms with Gasteiger partial charge in [-0.3, -0.25) is 9.79 Å². The summed E-state index contributed by atoms with van der Waals surface area (Å²) in [7, 11) is 1.44. The van der Waals surface area contributed by atoms with Crippen LogP contribution in [0.5, 0.6) is 0 Å². The van der Waals surface area contributed by atoms with E-state index in [0.29, 0.717) is 30.0 Å². The molecule has 0 spiro atoms. The van der Waals surface area contributed by atoms with Crippen molar-refractivity contribution in [1.82, 2.24) is 20.0 Å². The number of nitrogens with one attached hydrogen (secondary N) is 1. The first-order valence-corrected chi connectivity index (χ1v) is 11.0. The minimum Gasteiger partial charge on any atom is -0.469 e. The first kappa shape index (κ1) is 26.4. The predicted molar refractivity (Wildman–Crippen MR) is 139 cm³/mol. The number of hydrogen-bond acceptors (Lipinski definition) is 6. The maximum Gasteiger partial charge on any atom is 0.308 e. The molecule has 33 heavy (non-hydrogen) atoms. The Balaban J connectivity index is 0.00000385. The monoisotopic (exact) mass is 565 g/mol. The molecule has 3 rings (SSSR count). The molecule has 0 atom stereocenters. The summed E-state index contributed by atoms with van der Waals surface area (Å²) in [4.78, 5) is 18.7. The molecular formula is C23H32IN7O2. The minimum atomic E-state index is -0.130. The number of hydrogen-bond donors (Lipinski definition) is 2. The van der Waals surface area contributed by atoms with Gasteiger partial charge < -0.3 is 20.7 Å². The van der Waals surface area contributed by atoms with Crippen molar-refractivity contribution >= 4 is 41.7 Å². The number of methoxy groups -OCH3 is 1. The Bertz CT molecular complexity index is 977. The average molecular weight is 565 g/mol. The highest BCUT2D eigenvalue weighted by Crippen LogP contribution is 2.22. The van der Waals surface area contributed by atoms with E-state index in [0.717, 1.165) is 50.5 Å². The topological polar surface area (TPSA) is 122 Å². The largest absolute Gasteiger partial charge is 0.469 e. The fraction of sp³-hybridized carbons (Fsp3) is 0.478. The van der Waals surface area contributed by atoms with Gasteiger partial charge in [-0.05, 0) is 44.7 Å². The first-order valence-electron chi connectivity index (χ1n) is 11.0. The number of rotatable bonds is 7. The number of anilines is 1. The number of carbonyl (C=O) groups excluding carboxylic acids is 1. The lowest BCUT2D eigenvalue weighted by Gasteiger charge is -2.33. The van der Waals surface area contributed by atoms with Crippen LogP contribution in [-0.4, -0.2) is 59.9 Å². The van der Waals surface area contributed by atoms with Crippen LogP contribution in [-0.2, 0) is 16.0 Å². The zero-order valence-electron chi connectivity index (χ0n) is 19.2. The smallest absolute Gasteiger partial charge is 0.308 e. The van der Waals surface area contributed by atoms with E-state index in [-0.39, 0.29) is 35.9 Å². The number of carbonyl (C=O) groups is 1. The van der Waals surface area contributed by atoms with Crippen molar-refractivity contribution in [3.63, 3.8) is 0 Å². The Morgan fingerprint density at radius 2 is 2.03 bits per heavy atom. The van der Waals surface area contributed by atoms with Crippen molar-refractivity contribution in [2.45, 2.75) is 32.6 Å². The SMILES string of the molecule is CCNC(=NCCCc1nn(-c2ccccc2)c(N)c1C#N)N1CCC(C(=O)OC)CC1.I. The van der Waals surface area contributed by atoms with Gasteiger partial charge in [0.25, 0.3) is 0 Å². The summed E-state index contributed by atoms with van der Waals surface area (Å²) in [5.74, 6) is 1.05. The molecule has 3 N–H and O–H groups in total. The molecule has 1 aromatic carbocycles. The summed E-state index contributed by atoms with van der Waals surface area (Å²) in [6, 6.07) is 11.7. The number of para-hydroxylation sites is 1. The van der Waals surface area contributed by atoms with E-state index in [1.54, 1.807) is 4.68 Å². The molecule has 0 amide bonds. The van der Waals surface area contributed by atoms with Crippen LogP contribution in [0.25, 0.3) is 5.69 Å². The standard InChI is InChI=1S/C23H31N7O2.HI/c1-3-26-23(29-14-11-17(12-15-29)22(31)32-2)27-13-7-10-20-19(16-24)21(25)30(28-20)18-8-5-4-6-9-18;/h4-6,8-9,17H,3,7,10-15,25H2,1-2H3,(H,26,27);1H. The molecule has 1 saturated heterocycles. The Morgan fingerprint density at radius 3 is 2.64 bits per heavy atom. The van der Waals surface area contributed by atoms with Crippen LogP contribution in [0, 0.1) is 17.2 Å². The van der Waals surface area contributed by atoms with Crippen LogP contribution in [0.15, 0.2) is 35.3 Å². The maximum absolute atomic E-state index is 11.8. The zero-order chi connectivity index (χ0) is 22.9. The van der Waals surface area contributed by atoms with Gasteiger partial charge in [0, 0.05) is 26.2 Å². The number of aliphatic imine (C=N–C) groups is 1. The first-order chi connectivity index (χ1) is 15.6. The van der Waals surface area contributed by atoms with Crippen LogP contribution >= 0.6 is 24.0 Å². The summed E-state index contributed by atoms with van der Waals surface area (Å²) in [6.07, 6.45) is 2.88. The van der Waals surface area contributed by atoms with Crippen LogP contribution in [0.1, 0.15) is 37.4 Å². The highest BCUT2D eigenvalue weighted by molar-refractivity contribution is 14.0. The highest BCUT2D eigenvalue weighted by Gasteiger charge is 2.27. The summed E-state index contributed by atoms with van der Waals surface area (Å²) in [5, 5.41) is 17.5. The van der Waals surface area contributed by atoms with Crippen molar-refractivity contribution in [1.29, 1.82) is 5.26 Å². The molecule has 9 nitrogen and oxygen atoms in total. The molecule has 0 radical (unpaired) electrons. The normalized spacial score (nSPS) is 14.3. The number of piperidine rings is 1. The number of esters is 1. The molecule has 0 saturated carbocycles. The van der Waals surface area contributed by atoms with Gasteiger partial charge in [-0.15, -0.1) is 24.0 Å². The Kier molecular flexibility index (Phi) is 10.4. The number of nitrogens with two attached hydrogens (primary N) is 1. The third kappa shape index (κ3) is 6.60. The molecule has 1 fully saturated rings. The molecule has 0 aliphatic carbocycles. The number of nitriles is 1. The van der Waals surface area contributed by atoms with Crippen molar-refractivity contribution in [2.75, 3.05) is 39.0 Å². The average Bonchev–Trinajstić information content (AvgIpc) is 3.16. The summed E-state index contributed by atoms with van der Waals surface area (Å²) in [5.41, 5.74) is 8.12.